The predicted molar refractivity (Wildman–Crippen MR) is 137 cm³/mol. The fourth-order valence-electron chi connectivity index (χ4n) is 4.91. The first-order valence-corrected chi connectivity index (χ1v) is 12.9. The number of benzene rings is 1. The molecule has 5 unspecified atom stereocenters. The number of aryl methyl sites for hydroxylation is 1. The van der Waals surface area contributed by atoms with Gasteiger partial charge >= 0.3 is 11.9 Å². The van der Waals surface area contributed by atoms with Gasteiger partial charge in [0, 0.05) is 24.3 Å². The Morgan fingerprint density at radius 3 is 2.76 bits per heavy atom. The Kier molecular flexibility index (Phi) is 11.0. The number of allylic oxidation sites excluding steroid dienone is 1. The number of carbonyl (C=O) groups excluding carboxylic acids is 2. The van der Waals surface area contributed by atoms with Gasteiger partial charge in [0.25, 0.3) is 5.09 Å². The van der Waals surface area contributed by atoms with Crippen molar-refractivity contribution in [3.63, 3.8) is 0 Å². The van der Waals surface area contributed by atoms with Crippen molar-refractivity contribution in [2.45, 2.75) is 70.5 Å². The van der Waals surface area contributed by atoms with Crippen LogP contribution in [0.25, 0.3) is 0 Å². The fourth-order valence-corrected chi connectivity index (χ4v) is 4.91. The van der Waals surface area contributed by atoms with Gasteiger partial charge in [-0.2, -0.15) is 0 Å². The van der Waals surface area contributed by atoms with Gasteiger partial charge in [-0.1, -0.05) is 37.3 Å². The largest absolute Gasteiger partial charge is 0.489 e. The number of hydrogen-bond donors (Lipinski definition) is 1. The second-order valence-corrected chi connectivity index (χ2v) is 9.53. The predicted octanol–water partition coefficient (Wildman–Crippen LogP) is 3.53. The first-order chi connectivity index (χ1) is 18.3. The smallest absolute Gasteiger partial charge is 0.332 e. The molecule has 1 saturated carbocycles. The molecule has 1 aliphatic heterocycles. The molecule has 38 heavy (non-hydrogen) atoms. The Hall–Kier alpha value is -3.58. The third-order valence-corrected chi connectivity index (χ3v) is 6.87. The molecule has 0 amide bonds. The average molecular weight is 530 g/mol. The van der Waals surface area contributed by atoms with Crippen LogP contribution in [0.2, 0.25) is 0 Å². The van der Waals surface area contributed by atoms with E-state index in [9.17, 15) is 24.8 Å². The van der Waals surface area contributed by atoms with Gasteiger partial charge < -0.3 is 24.2 Å². The number of para-hydroxylation sites is 1. The summed E-state index contributed by atoms with van der Waals surface area (Å²) in [5.41, 5.74) is 2.24. The maximum Gasteiger partial charge on any atom is 0.332 e. The van der Waals surface area contributed by atoms with E-state index < -0.39 is 29.7 Å². The summed E-state index contributed by atoms with van der Waals surface area (Å²) in [5.74, 6) is 6.10. The second-order valence-electron chi connectivity index (χ2n) is 9.53. The van der Waals surface area contributed by atoms with Gasteiger partial charge in [-0.3, -0.25) is 4.79 Å². The molecule has 1 aliphatic carbocycles. The number of aliphatic hydroxyl groups excluding tert-OH is 1. The summed E-state index contributed by atoms with van der Waals surface area (Å²) < 4.78 is 16.1. The molecule has 5 atom stereocenters. The Labute approximate surface area is 222 Å². The Balaban J connectivity index is 1.45. The van der Waals surface area contributed by atoms with Crippen LogP contribution in [0, 0.1) is 33.8 Å². The Morgan fingerprint density at radius 1 is 1.26 bits per heavy atom. The van der Waals surface area contributed by atoms with Crippen LogP contribution in [0.4, 0.5) is 0 Å². The molecule has 10 heteroatoms. The zero-order valence-corrected chi connectivity index (χ0v) is 21.8. The number of rotatable bonds is 14. The van der Waals surface area contributed by atoms with E-state index in [2.05, 4.69) is 33.6 Å². The minimum atomic E-state index is -1.09. The normalized spacial score (nSPS) is 20.9. The first kappa shape index (κ1) is 29.0. The average Bonchev–Trinajstić information content (AvgIpc) is 3.47. The molecule has 0 spiro atoms. The lowest BCUT2D eigenvalue weighted by atomic mass is 9.86. The molecule has 0 saturated heterocycles. The van der Waals surface area contributed by atoms with Crippen molar-refractivity contribution in [3.8, 4) is 17.6 Å². The lowest BCUT2D eigenvalue weighted by Gasteiger charge is -2.17. The van der Waals surface area contributed by atoms with Crippen LogP contribution in [-0.2, 0) is 30.3 Å². The molecule has 3 rings (SSSR count). The third kappa shape index (κ3) is 8.21. The van der Waals surface area contributed by atoms with Crippen LogP contribution in [0.15, 0.2) is 30.4 Å². The molecule has 1 heterocycles. The molecule has 1 aromatic carbocycles. The van der Waals surface area contributed by atoms with Crippen LogP contribution in [0.3, 0.4) is 0 Å². The summed E-state index contributed by atoms with van der Waals surface area (Å²) >= 11 is 0. The van der Waals surface area contributed by atoms with Crippen molar-refractivity contribution < 1.29 is 38.8 Å². The fraction of sp³-hybridized carbons (Fsp3) is 0.571. The highest BCUT2D eigenvalue weighted by Gasteiger charge is 2.44. The van der Waals surface area contributed by atoms with Gasteiger partial charge in [0.05, 0.1) is 6.10 Å². The number of nitrogens with zero attached hydrogens (tertiary/aromatic N) is 1. The topological polar surface area (TPSA) is 134 Å². The molecule has 1 aromatic rings. The summed E-state index contributed by atoms with van der Waals surface area (Å²) in [6.07, 6.45) is 7.67. The molecule has 0 bridgehead atoms. The van der Waals surface area contributed by atoms with Crippen molar-refractivity contribution in [1.82, 2.24) is 0 Å². The highest BCUT2D eigenvalue weighted by Crippen LogP contribution is 2.52. The van der Waals surface area contributed by atoms with Gasteiger partial charge in [-0.15, -0.1) is 22.0 Å². The van der Waals surface area contributed by atoms with Crippen molar-refractivity contribution in [2.24, 2.45) is 11.8 Å². The van der Waals surface area contributed by atoms with Gasteiger partial charge in [0.15, 0.2) is 6.61 Å². The number of ether oxygens (including phenoxy) is 3. The molecule has 1 fully saturated rings. The summed E-state index contributed by atoms with van der Waals surface area (Å²) in [4.78, 5) is 37.2. The number of fused-ring (bicyclic) bond motifs is 3. The number of aliphatic hydroxyl groups is 1. The van der Waals surface area contributed by atoms with Gasteiger partial charge in [0.1, 0.15) is 25.1 Å². The summed E-state index contributed by atoms with van der Waals surface area (Å²) in [5, 5.41) is 19.4. The molecule has 10 nitrogen and oxygen atoms in total. The SMILES string of the molecule is CC#CCC(C)C(O)/C=C/C1CCC2Oc3c(CCCC(=O)OCCOC(=O)CO[N+](=O)[O-])cccc3C12. The molecular formula is C28H35NO9. The third-order valence-electron chi connectivity index (χ3n) is 6.87. The van der Waals surface area contributed by atoms with E-state index in [0.29, 0.717) is 25.2 Å². The number of hydrogen-bond acceptors (Lipinski definition) is 9. The molecule has 2 aliphatic rings. The van der Waals surface area contributed by atoms with Gasteiger partial charge in [-0.05, 0) is 50.0 Å². The Morgan fingerprint density at radius 2 is 2.03 bits per heavy atom. The van der Waals surface area contributed by atoms with Crippen molar-refractivity contribution >= 4 is 11.9 Å². The van der Waals surface area contributed by atoms with Crippen LogP contribution < -0.4 is 4.74 Å². The molecule has 0 aromatic heterocycles. The van der Waals surface area contributed by atoms with Crippen LogP contribution >= 0.6 is 0 Å². The van der Waals surface area contributed by atoms with Crippen molar-refractivity contribution in [1.29, 1.82) is 0 Å². The monoisotopic (exact) mass is 529 g/mol. The highest BCUT2D eigenvalue weighted by atomic mass is 17.0. The zero-order valence-electron chi connectivity index (χ0n) is 21.8. The van der Waals surface area contributed by atoms with Crippen LogP contribution in [-0.4, -0.2) is 54.2 Å². The minimum Gasteiger partial charge on any atom is -0.489 e. The molecule has 1 N–H and O–H groups in total. The van der Waals surface area contributed by atoms with Crippen molar-refractivity contribution in [2.75, 3.05) is 19.8 Å². The number of esters is 2. The van der Waals surface area contributed by atoms with E-state index in [1.54, 1.807) is 6.92 Å². The molecule has 206 valence electrons. The summed E-state index contributed by atoms with van der Waals surface area (Å²) in [6.45, 7) is 2.66. The molecular weight excluding hydrogens is 494 g/mol. The lowest BCUT2D eigenvalue weighted by molar-refractivity contribution is -0.754. The second kappa shape index (κ2) is 14.4. The maximum absolute atomic E-state index is 12.0. The van der Waals surface area contributed by atoms with E-state index in [-0.39, 0.29) is 37.6 Å². The summed E-state index contributed by atoms with van der Waals surface area (Å²) in [6, 6.07) is 6.15. The minimum absolute atomic E-state index is 0.0756. The van der Waals surface area contributed by atoms with E-state index in [0.717, 1.165) is 24.2 Å². The van der Waals surface area contributed by atoms with E-state index >= 15 is 0 Å². The zero-order chi connectivity index (χ0) is 27.5. The Bertz CT molecular complexity index is 1070. The first-order valence-electron chi connectivity index (χ1n) is 12.9. The lowest BCUT2D eigenvalue weighted by Crippen LogP contribution is -2.19. The van der Waals surface area contributed by atoms with E-state index in [1.165, 1.54) is 5.56 Å². The molecule has 0 radical (unpaired) electrons. The highest BCUT2D eigenvalue weighted by molar-refractivity contribution is 5.71. The van der Waals surface area contributed by atoms with Crippen LogP contribution in [0.1, 0.15) is 63.0 Å². The van der Waals surface area contributed by atoms with Gasteiger partial charge in [-0.25, -0.2) is 4.79 Å². The quantitative estimate of drug-likeness (QED) is 0.0959. The van der Waals surface area contributed by atoms with Crippen molar-refractivity contribution in [3.05, 3.63) is 51.6 Å². The number of carbonyl (C=O) groups is 2. The standard InChI is InChI=1S/C28H35NO9/c1-3-4-7-19(2)23(30)14-12-20-13-15-24-27(20)22-10-5-8-21(28(22)38-24)9-6-11-25(31)35-16-17-36-26(32)18-37-29(33)34/h5,8,10,12,14,19-20,23-24,27,30H,6-7,9,11,13,15-18H2,1-2H3/b14-12+. The summed E-state index contributed by atoms with van der Waals surface area (Å²) in [7, 11) is 0. The van der Waals surface area contributed by atoms with E-state index in [1.807, 2.05) is 25.1 Å². The maximum atomic E-state index is 12.0. The van der Waals surface area contributed by atoms with Crippen LogP contribution in [0.5, 0.6) is 5.75 Å². The van der Waals surface area contributed by atoms with Gasteiger partial charge in [0.2, 0.25) is 0 Å². The van der Waals surface area contributed by atoms with E-state index in [4.69, 9.17) is 9.47 Å².